The molecule has 0 unspecified atom stereocenters. The Hall–Kier alpha value is -1.75. The van der Waals surface area contributed by atoms with Crippen LogP contribution in [0.25, 0.3) is 16.6 Å². The lowest BCUT2D eigenvalue weighted by Gasteiger charge is -2.06. The summed E-state index contributed by atoms with van der Waals surface area (Å²) in [5.41, 5.74) is 2.96. The van der Waals surface area contributed by atoms with Crippen LogP contribution in [0.1, 0.15) is 5.56 Å². The van der Waals surface area contributed by atoms with Crippen LogP contribution in [0, 0.1) is 0 Å². The molecule has 0 amide bonds. The Balaban J connectivity index is 1.73. The first kappa shape index (κ1) is 14.8. The molecule has 6 heteroatoms. The summed E-state index contributed by atoms with van der Waals surface area (Å²) in [6.07, 6.45) is 0. The lowest BCUT2D eigenvalue weighted by molar-refractivity contribution is 0.940. The van der Waals surface area contributed by atoms with Gasteiger partial charge in [-0.25, -0.2) is 0 Å². The minimum Gasteiger partial charge on any atom is -0.270 e. The van der Waals surface area contributed by atoms with E-state index < -0.39 is 0 Å². The molecular weight excluding hydrogens is 349 g/mol. The summed E-state index contributed by atoms with van der Waals surface area (Å²) in [7, 11) is 0. The molecule has 0 atom stereocenters. The van der Waals surface area contributed by atoms with Crippen molar-refractivity contribution in [3.63, 3.8) is 0 Å². The molecule has 0 N–H and O–H groups in total. The Morgan fingerprint density at radius 2 is 1.83 bits per heavy atom. The molecule has 4 aromatic rings. The monoisotopic (exact) mass is 359 g/mol. The maximum absolute atomic E-state index is 6.24. The molecule has 3 nitrogen and oxygen atoms in total. The third-order valence-electron chi connectivity index (χ3n) is 3.62. The van der Waals surface area contributed by atoms with E-state index in [4.69, 9.17) is 23.2 Å². The first-order valence-corrected chi connectivity index (χ1v) is 8.76. The number of halogens is 2. The zero-order valence-electron chi connectivity index (χ0n) is 11.9. The van der Waals surface area contributed by atoms with Crippen molar-refractivity contribution >= 4 is 51.5 Å². The molecule has 0 radical (unpaired) electrons. The standard InChI is InChI=1S/C17H11Cl2N3S/c18-13-7-5-12(14(19)9-13)10-23-17-21-20-16-8-6-11-3-1-2-4-15(11)22(16)17/h1-9H,10H2. The lowest BCUT2D eigenvalue weighted by Crippen LogP contribution is -1.91. The summed E-state index contributed by atoms with van der Waals surface area (Å²) < 4.78 is 2.07. The Labute approximate surface area is 147 Å². The van der Waals surface area contributed by atoms with Crippen molar-refractivity contribution in [3.8, 4) is 0 Å². The number of hydrogen-bond acceptors (Lipinski definition) is 3. The third-order valence-corrected chi connectivity index (χ3v) is 5.18. The van der Waals surface area contributed by atoms with Crippen LogP contribution >= 0.6 is 35.0 Å². The first-order chi connectivity index (χ1) is 11.2. The van der Waals surface area contributed by atoms with E-state index in [-0.39, 0.29) is 0 Å². The highest BCUT2D eigenvalue weighted by Gasteiger charge is 2.10. The summed E-state index contributed by atoms with van der Waals surface area (Å²) in [5.74, 6) is 0.708. The Morgan fingerprint density at radius 3 is 2.70 bits per heavy atom. The maximum atomic E-state index is 6.24. The van der Waals surface area contributed by atoms with Gasteiger partial charge in [-0.1, -0.05) is 59.2 Å². The molecular formula is C17H11Cl2N3S. The van der Waals surface area contributed by atoms with Crippen molar-refractivity contribution in [2.45, 2.75) is 10.9 Å². The second-order valence-corrected chi connectivity index (χ2v) is 6.88. The fraction of sp³-hybridized carbons (Fsp3) is 0.0588. The van der Waals surface area contributed by atoms with Gasteiger partial charge in [-0.05, 0) is 41.3 Å². The van der Waals surface area contributed by atoms with E-state index in [0.717, 1.165) is 27.3 Å². The van der Waals surface area contributed by atoms with Gasteiger partial charge in [0.25, 0.3) is 0 Å². The van der Waals surface area contributed by atoms with Crippen LogP contribution in [-0.4, -0.2) is 14.6 Å². The zero-order valence-corrected chi connectivity index (χ0v) is 14.2. The summed E-state index contributed by atoms with van der Waals surface area (Å²) in [6.45, 7) is 0. The van der Waals surface area contributed by atoms with E-state index in [2.05, 4.69) is 32.8 Å². The predicted molar refractivity (Wildman–Crippen MR) is 96.5 cm³/mol. The largest absolute Gasteiger partial charge is 0.270 e. The molecule has 2 aromatic carbocycles. The van der Waals surface area contributed by atoms with Crippen molar-refractivity contribution < 1.29 is 0 Å². The molecule has 0 saturated heterocycles. The number of hydrogen-bond donors (Lipinski definition) is 0. The topological polar surface area (TPSA) is 30.2 Å². The zero-order chi connectivity index (χ0) is 15.8. The number of rotatable bonds is 3. The van der Waals surface area contributed by atoms with Crippen LogP contribution in [0.4, 0.5) is 0 Å². The number of para-hydroxylation sites is 1. The SMILES string of the molecule is Clc1ccc(CSc2nnc3ccc4ccccc4n23)c(Cl)c1. The highest BCUT2D eigenvalue weighted by atomic mass is 35.5. The second-order valence-electron chi connectivity index (χ2n) is 5.09. The van der Waals surface area contributed by atoms with Crippen LogP contribution in [0.3, 0.4) is 0 Å². The highest BCUT2D eigenvalue weighted by molar-refractivity contribution is 7.98. The Morgan fingerprint density at radius 1 is 0.957 bits per heavy atom. The van der Waals surface area contributed by atoms with Crippen LogP contribution in [0.15, 0.2) is 59.8 Å². The number of benzene rings is 2. The molecule has 0 aliphatic heterocycles. The molecule has 2 heterocycles. The molecule has 0 aliphatic carbocycles. The second kappa shape index (κ2) is 6.04. The molecule has 4 rings (SSSR count). The van der Waals surface area contributed by atoms with Gasteiger partial charge < -0.3 is 0 Å². The fourth-order valence-electron chi connectivity index (χ4n) is 2.49. The normalized spacial score (nSPS) is 11.4. The molecule has 2 aromatic heterocycles. The molecule has 0 spiro atoms. The smallest absolute Gasteiger partial charge is 0.196 e. The third kappa shape index (κ3) is 2.78. The minimum absolute atomic E-state index is 0.641. The quantitative estimate of drug-likeness (QED) is 0.453. The Kier molecular flexibility index (Phi) is 3.89. The van der Waals surface area contributed by atoms with E-state index in [1.807, 2.05) is 30.3 Å². The lowest BCUT2D eigenvalue weighted by atomic mass is 10.2. The predicted octanol–water partition coefficient (Wildman–Crippen LogP) is 5.48. The van der Waals surface area contributed by atoms with E-state index in [0.29, 0.717) is 15.8 Å². The van der Waals surface area contributed by atoms with Crippen LogP contribution < -0.4 is 0 Å². The van der Waals surface area contributed by atoms with Crippen molar-refractivity contribution in [3.05, 3.63) is 70.2 Å². The van der Waals surface area contributed by atoms with Gasteiger partial charge in [0.1, 0.15) is 0 Å². The number of thioether (sulfide) groups is 1. The summed E-state index contributed by atoms with van der Waals surface area (Å²) in [5, 5.41) is 11.9. The molecule has 0 saturated carbocycles. The van der Waals surface area contributed by atoms with Gasteiger partial charge >= 0.3 is 0 Å². The van der Waals surface area contributed by atoms with Crippen LogP contribution in [0.5, 0.6) is 0 Å². The van der Waals surface area contributed by atoms with E-state index in [1.165, 1.54) is 0 Å². The number of pyridine rings is 1. The molecule has 114 valence electrons. The summed E-state index contributed by atoms with van der Waals surface area (Å²) in [4.78, 5) is 0. The molecule has 0 aliphatic rings. The van der Waals surface area contributed by atoms with Crippen LogP contribution in [-0.2, 0) is 5.75 Å². The number of nitrogens with zero attached hydrogens (tertiary/aromatic N) is 3. The van der Waals surface area contributed by atoms with Gasteiger partial charge in [0.15, 0.2) is 10.8 Å². The van der Waals surface area contributed by atoms with Crippen LogP contribution in [0.2, 0.25) is 10.0 Å². The molecule has 0 bridgehead atoms. The van der Waals surface area contributed by atoms with Gasteiger partial charge in [-0.15, -0.1) is 10.2 Å². The molecule has 23 heavy (non-hydrogen) atoms. The van der Waals surface area contributed by atoms with E-state index in [1.54, 1.807) is 17.8 Å². The maximum Gasteiger partial charge on any atom is 0.196 e. The summed E-state index contributed by atoms with van der Waals surface area (Å²) in [6, 6.07) is 17.8. The van der Waals surface area contributed by atoms with Crippen molar-refractivity contribution in [1.29, 1.82) is 0 Å². The van der Waals surface area contributed by atoms with Gasteiger partial charge in [0.2, 0.25) is 0 Å². The molecule has 0 fully saturated rings. The van der Waals surface area contributed by atoms with Gasteiger partial charge in [0.05, 0.1) is 5.52 Å². The average Bonchev–Trinajstić information content (AvgIpc) is 2.98. The van der Waals surface area contributed by atoms with Crippen molar-refractivity contribution in [2.75, 3.05) is 0 Å². The van der Waals surface area contributed by atoms with E-state index >= 15 is 0 Å². The van der Waals surface area contributed by atoms with Crippen molar-refractivity contribution in [1.82, 2.24) is 14.6 Å². The summed E-state index contributed by atoms with van der Waals surface area (Å²) >= 11 is 13.8. The van der Waals surface area contributed by atoms with E-state index in [9.17, 15) is 0 Å². The Bertz CT molecular complexity index is 1010. The van der Waals surface area contributed by atoms with Gasteiger partial charge in [-0.2, -0.15) is 0 Å². The highest BCUT2D eigenvalue weighted by Crippen LogP contribution is 2.29. The first-order valence-electron chi connectivity index (χ1n) is 7.02. The van der Waals surface area contributed by atoms with Crippen molar-refractivity contribution in [2.24, 2.45) is 0 Å². The average molecular weight is 360 g/mol. The minimum atomic E-state index is 0.641. The number of fused-ring (bicyclic) bond motifs is 3. The fourth-order valence-corrected chi connectivity index (χ4v) is 4.00. The number of aromatic nitrogens is 3. The van der Waals surface area contributed by atoms with Gasteiger partial charge in [0, 0.05) is 15.8 Å². The van der Waals surface area contributed by atoms with Gasteiger partial charge in [-0.3, -0.25) is 4.40 Å².